The number of carbonyl (C=O) groups is 1. The van der Waals surface area contributed by atoms with Crippen molar-refractivity contribution in [2.24, 2.45) is 5.92 Å². The second-order valence-electron chi connectivity index (χ2n) is 7.00. The minimum Gasteiger partial charge on any atom is -0.468 e. The largest absolute Gasteiger partial charge is 0.468 e. The van der Waals surface area contributed by atoms with Crippen LogP contribution in [-0.4, -0.2) is 49.2 Å². The lowest BCUT2D eigenvalue weighted by molar-refractivity contribution is -0.148. The fraction of sp³-hybridized carbons (Fsp3) is 0.941. The third-order valence-electron chi connectivity index (χ3n) is 5.75. The predicted molar refractivity (Wildman–Crippen MR) is 85.2 cm³/mol. The quantitative estimate of drug-likeness (QED) is 0.792. The standard InChI is InChI=1S/C17H32N2O2/c1-5-18-17(16(20)21-4)11-10-14(12-17)19(3)15-9-7-6-8-13(15)2/h13-15,18H,5-12H2,1-4H3. The zero-order valence-electron chi connectivity index (χ0n) is 14.2. The van der Waals surface area contributed by atoms with E-state index in [9.17, 15) is 4.79 Å². The first kappa shape index (κ1) is 16.8. The van der Waals surface area contributed by atoms with Gasteiger partial charge < -0.3 is 15.0 Å². The number of hydrogen-bond acceptors (Lipinski definition) is 4. The Balaban J connectivity index is 2.03. The molecule has 4 unspecified atom stereocenters. The van der Waals surface area contributed by atoms with Crippen molar-refractivity contribution < 1.29 is 9.53 Å². The minimum absolute atomic E-state index is 0.0862. The third kappa shape index (κ3) is 3.42. The maximum absolute atomic E-state index is 12.2. The average Bonchev–Trinajstić information content (AvgIpc) is 2.92. The second-order valence-corrected chi connectivity index (χ2v) is 7.00. The highest BCUT2D eigenvalue weighted by atomic mass is 16.5. The van der Waals surface area contributed by atoms with E-state index >= 15 is 0 Å². The highest BCUT2D eigenvalue weighted by Crippen LogP contribution is 2.37. The van der Waals surface area contributed by atoms with Crippen LogP contribution in [-0.2, 0) is 9.53 Å². The summed E-state index contributed by atoms with van der Waals surface area (Å²) in [5.41, 5.74) is -0.458. The lowest BCUT2D eigenvalue weighted by Gasteiger charge is -2.40. The zero-order valence-corrected chi connectivity index (χ0v) is 14.2. The lowest BCUT2D eigenvalue weighted by atomic mass is 9.84. The summed E-state index contributed by atoms with van der Waals surface area (Å²) in [5.74, 6) is 0.688. The van der Waals surface area contributed by atoms with Crippen LogP contribution in [0.4, 0.5) is 0 Å². The van der Waals surface area contributed by atoms with E-state index in [1.807, 2.05) is 0 Å². The van der Waals surface area contributed by atoms with E-state index in [1.54, 1.807) is 0 Å². The van der Waals surface area contributed by atoms with Crippen LogP contribution < -0.4 is 5.32 Å². The van der Waals surface area contributed by atoms with E-state index < -0.39 is 5.54 Å². The van der Waals surface area contributed by atoms with Crippen molar-refractivity contribution in [2.75, 3.05) is 20.7 Å². The molecular weight excluding hydrogens is 264 g/mol. The molecule has 0 aromatic carbocycles. The van der Waals surface area contributed by atoms with Crippen LogP contribution in [0, 0.1) is 5.92 Å². The van der Waals surface area contributed by atoms with Crippen molar-refractivity contribution in [1.29, 1.82) is 0 Å². The molecule has 0 radical (unpaired) electrons. The molecule has 4 atom stereocenters. The number of rotatable bonds is 5. The molecule has 21 heavy (non-hydrogen) atoms. The maximum atomic E-state index is 12.2. The smallest absolute Gasteiger partial charge is 0.326 e. The van der Waals surface area contributed by atoms with Crippen LogP contribution in [0.25, 0.3) is 0 Å². The van der Waals surface area contributed by atoms with Crippen LogP contribution in [0.5, 0.6) is 0 Å². The number of esters is 1. The normalized spacial score (nSPS) is 36.9. The van der Waals surface area contributed by atoms with E-state index in [0.717, 1.165) is 31.7 Å². The van der Waals surface area contributed by atoms with Crippen molar-refractivity contribution in [3.05, 3.63) is 0 Å². The van der Waals surface area contributed by atoms with Crippen LogP contribution >= 0.6 is 0 Å². The lowest BCUT2D eigenvalue weighted by Crippen LogP contribution is -2.52. The maximum Gasteiger partial charge on any atom is 0.326 e. The fourth-order valence-corrected chi connectivity index (χ4v) is 4.49. The van der Waals surface area contributed by atoms with Gasteiger partial charge in [0.15, 0.2) is 0 Å². The number of nitrogens with zero attached hydrogens (tertiary/aromatic N) is 1. The molecule has 0 aliphatic heterocycles. The van der Waals surface area contributed by atoms with Crippen molar-refractivity contribution >= 4 is 5.97 Å². The molecule has 2 aliphatic rings. The van der Waals surface area contributed by atoms with Gasteiger partial charge in [-0.1, -0.05) is 26.7 Å². The highest BCUT2D eigenvalue weighted by Gasteiger charge is 2.47. The Morgan fingerprint density at radius 1 is 1.33 bits per heavy atom. The summed E-state index contributed by atoms with van der Waals surface area (Å²) < 4.78 is 5.06. The molecule has 1 N–H and O–H groups in total. The van der Waals surface area contributed by atoms with Crippen molar-refractivity contribution in [3.8, 4) is 0 Å². The van der Waals surface area contributed by atoms with Gasteiger partial charge in [0.25, 0.3) is 0 Å². The first-order valence-corrected chi connectivity index (χ1v) is 8.59. The monoisotopic (exact) mass is 296 g/mol. The van der Waals surface area contributed by atoms with Crippen molar-refractivity contribution in [1.82, 2.24) is 10.2 Å². The molecule has 0 spiro atoms. The molecular formula is C17H32N2O2. The summed E-state index contributed by atoms with van der Waals surface area (Å²) in [6.45, 7) is 5.25. The molecule has 2 saturated carbocycles. The molecule has 4 heteroatoms. The molecule has 0 aromatic heterocycles. The molecule has 2 aliphatic carbocycles. The number of ether oxygens (including phenoxy) is 1. The molecule has 0 amide bonds. The van der Waals surface area contributed by atoms with Gasteiger partial charge in [-0.3, -0.25) is 4.79 Å². The molecule has 122 valence electrons. The Morgan fingerprint density at radius 2 is 2.05 bits per heavy atom. The van der Waals surface area contributed by atoms with Gasteiger partial charge in [0.1, 0.15) is 5.54 Å². The summed E-state index contributed by atoms with van der Waals surface area (Å²) in [5, 5.41) is 3.41. The van der Waals surface area contributed by atoms with E-state index in [2.05, 4.69) is 31.1 Å². The van der Waals surface area contributed by atoms with Crippen molar-refractivity contribution in [3.63, 3.8) is 0 Å². The SMILES string of the molecule is CCNC1(C(=O)OC)CCC(N(C)C2CCCCC2C)C1. The zero-order chi connectivity index (χ0) is 15.5. The highest BCUT2D eigenvalue weighted by molar-refractivity contribution is 5.81. The van der Waals surface area contributed by atoms with E-state index in [0.29, 0.717) is 12.1 Å². The summed E-state index contributed by atoms with van der Waals surface area (Å²) in [4.78, 5) is 14.8. The molecule has 4 nitrogen and oxygen atoms in total. The topological polar surface area (TPSA) is 41.6 Å². The van der Waals surface area contributed by atoms with E-state index in [1.165, 1.54) is 32.8 Å². The second kappa shape index (κ2) is 7.10. The van der Waals surface area contributed by atoms with Crippen LogP contribution in [0.2, 0.25) is 0 Å². The average molecular weight is 296 g/mol. The molecule has 0 heterocycles. The molecule has 0 aromatic rings. The van der Waals surface area contributed by atoms with Crippen LogP contribution in [0.15, 0.2) is 0 Å². The number of methoxy groups -OCH3 is 1. The first-order chi connectivity index (χ1) is 10.0. The van der Waals surface area contributed by atoms with Gasteiger partial charge >= 0.3 is 5.97 Å². The van der Waals surface area contributed by atoms with Crippen LogP contribution in [0.1, 0.15) is 58.8 Å². The summed E-state index contributed by atoms with van der Waals surface area (Å²) in [6.07, 6.45) is 8.23. The summed E-state index contributed by atoms with van der Waals surface area (Å²) >= 11 is 0. The number of hydrogen-bond donors (Lipinski definition) is 1. The number of likely N-dealkylation sites (N-methyl/N-ethyl adjacent to an activating group) is 1. The summed E-state index contributed by atoms with van der Waals surface area (Å²) in [7, 11) is 3.76. The van der Waals surface area contributed by atoms with Gasteiger partial charge in [-0.05, 0) is 51.6 Å². The van der Waals surface area contributed by atoms with Gasteiger partial charge in [-0.15, -0.1) is 0 Å². The predicted octanol–water partition coefficient (Wildman–Crippen LogP) is 2.57. The Kier molecular flexibility index (Phi) is 5.67. The Labute approximate surface area is 129 Å². The van der Waals surface area contributed by atoms with Gasteiger partial charge in [-0.25, -0.2) is 0 Å². The van der Waals surface area contributed by atoms with Crippen molar-refractivity contribution in [2.45, 2.75) is 76.4 Å². The van der Waals surface area contributed by atoms with Gasteiger partial charge in [-0.2, -0.15) is 0 Å². The Morgan fingerprint density at radius 3 is 2.67 bits per heavy atom. The number of carbonyl (C=O) groups excluding carboxylic acids is 1. The van der Waals surface area contributed by atoms with Crippen LogP contribution in [0.3, 0.4) is 0 Å². The first-order valence-electron chi connectivity index (χ1n) is 8.59. The molecule has 2 rings (SSSR count). The van der Waals surface area contributed by atoms with E-state index in [-0.39, 0.29) is 5.97 Å². The fourth-order valence-electron chi connectivity index (χ4n) is 4.49. The Hall–Kier alpha value is -0.610. The molecule has 0 saturated heterocycles. The summed E-state index contributed by atoms with van der Waals surface area (Å²) in [6, 6.07) is 1.17. The van der Waals surface area contributed by atoms with E-state index in [4.69, 9.17) is 4.74 Å². The molecule has 0 bridgehead atoms. The van der Waals surface area contributed by atoms with Gasteiger partial charge in [0.05, 0.1) is 7.11 Å². The van der Waals surface area contributed by atoms with Gasteiger partial charge in [0, 0.05) is 12.1 Å². The number of nitrogens with one attached hydrogen (secondary N) is 1. The third-order valence-corrected chi connectivity index (χ3v) is 5.75. The molecule has 2 fully saturated rings. The minimum atomic E-state index is -0.458. The van der Waals surface area contributed by atoms with Gasteiger partial charge in [0.2, 0.25) is 0 Å². The Bertz CT molecular complexity index is 361.